The summed E-state index contributed by atoms with van der Waals surface area (Å²) in [5, 5.41) is 2.97. The van der Waals surface area contributed by atoms with E-state index in [0.29, 0.717) is 25.2 Å². The number of nitrogens with zero attached hydrogens (tertiary/aromatic N) is 4. The number of carbonyl (C=O) groups is 1. The normalized spacial score (nSPS) is 16.4. The Morgan fingerprint density at radius 1 is 1.09 bits per heavy atom. The predicted molar refractivity (Wildman–Crippen MR) is 124 cm³/mol. The van der Waals surface area contributed by atoms with Crippen LogP contribution in [0, 0.1) is 0 Å². The van der Waals surface area contributed by atoms with Gasteiger partial charge >= 0.3 is 0 Å². The number of hydrogen-bond acceptors (Lipinski definition) is 5. The van der Waals surface area contributed by atoms with Crippen molar-refractivity contribution in [2.24, 2.45) is 0 Å². The molecule has 0 aliphatic carbocycles. The number of aryl methyl sites for hydroxylation is 2. The van der Waals surface area contributed by atoms with Gasteiger partial charge in [0.15, 0.2) is 0 Å². The van der Waals surface area contributed by atoms with Crippen molar-refractivity contribution < 1.29 is 13.2 Å². The highest BCUT2D eigenvalue weighted by Gasteiger charge is 2.26. The van der Waals surface area contributed by atoms with E-state index in [1.165, 1.54) is 10.4 Å². The van der Waals surface area contributed by atoms with E-state index in [1.807, 2.05) is 20.0 Å². The Morgan fingerprint density at radius 3 is 2.50 bits per heavy atom. The minimum Gasteiger partial charge on any atom is -0.371 e. The van der Waals surface area contributed by atoms with Gasteiger partial charge < -0.3 is 14.8 Å². The summed E-state index contributed by atoms with van der Waals surface area (Å²) in [5.41, 5.74) is 2.04. The van der Waals surface area contributed by atoms with Crippen LogP contribution in [0.4, 0.5) is 5.69 Å². The summed E-state index contributed by atoms with van der Waals surface area (Å²) in [7, 11) is -3.65. The van der Waals surface area contributed by atoms with Crippen LogP contribution in [-0.4, -0.2) is 54.4 Å². The van der Waals surface area contributed by atoms with Crippen molar-refractivity contribution in [3.63, 3.8) is 0 Å². The number of benzene rings is 1. The lowest BCUT2D eigenvalue weighted by atomic mass is 10.1. The molecule has 0 bridgehead atoms. The Kier molecular flexibility index (Phi) is 6.85. The van der Waals surface area contributed by atoms with Crippen molar-refractivity contribution in [1.29, 1.82) is 0 Å². The number of aromatic nitrogens is 2. The number of amides is 1. The third-order valence-corrected chi connectivity index (χ3v) is 8.44. The Labute approximate surface area is 190 Å². The average Bonchev–Trinajstić information content (AvgIpc) is 3.47. The van der Waals surface area contributed by atoms with Crippen LogP contribution in [0.25, 0.3) is 0 Å². The molecule has 1 aromatic carbocycles. The molecule has 1 N–H and O–H groups in total. The first kappa shape index (κ1) is 22.8. The summed E-state index contributed by atoms with van der Waals surface area (Å²) in [6, 6.07) is 4.95. The van der Waals surface area contributed by atoms with Gasteiger partial charge in [-0.05, 0) is 43.9 Å². The van der Waals surface area contributed by atoms with Gasteiger partial charge in [-0.3, -0.25) is 4.79 Å². The lowest BCUT2D eigenvalue weighted by molar-refractivity contribution is 0.0950. The predicted octanol–water partition coefficient (Wildman–Crippen LogP) is 2.78. The molecule has 2 aromatic rings. The molecule has 0 unspecified atom stereocenters. The monoisotopic (exact) mass is 459 g/mol. The highest BCUT2D eigenvalue weighted by Crippen LogP contribution is 2.28. The van der Waals surface area contributed by atoms with Crippen LogP contribution in [-0.2, 0) is 29.5 Å². The number of nitrogens with one attached hydrogen (secondary N) is 1. The van der Waals surface area contributed by atoms with Gasteiger partial charge in [0.2, 0.25) is 10.0 Å². The van der Waals surface area contributed by atoms with Crippen LogP contribution in [0.15, 0.2) is 29.3 Å². The fourth-order valence-electron chi connectivity index (χ4n) is 4.63. The summed E-state index contributed by atoms with van der Waals surface area (Å²) in [6.45, 7) is 7.45. The Morgan fingerprint density at radius 2 is 1.81 bits per heavy atom. The molecule has 174 valence electrons. The van der Waals surface area contributed by atoms with Gasteiger partial charge in [0.25, 0.3) is 5.91 Å². The summed E-state index contributed by atoms with van der Waals surface area (Å²) in [4.78, 5) is 20.2. The van der Waals surface area contributed by atoms with Crippen molar-refractivity contribution in [2.45, 2.75) is 63.9 Å². The summed E-state index contributed by atoms with van der Waals surface area (Å²) in [6.07, 6.45) is 7.43. The van der Waals surface area contributed by atoms with E-state index in [-0.39, 0.29) is 10.8 Å². The highest BCUT2D eigenvalue weighted by atomic mass is 32.2. The first-order valence-electron chi connectivity index (χ1n) is 11.7. The van der Waals surface area contributed by atoms with E-state index in [4.69, 9.17) is 0 Å². The smallest absolute Gasteiger partial charge is 0.253 e. The topological polar surface area (TPSA) is 87.5 Å². The molecule has 0 saturated carbocycles. The van der Waals surface area contributed by atoms with Gasteiger partial charge in [-0.15, -0.1) is 0 Å². The van der Waals surface area contributed by atoms with E-state index < -0.39 is 10.0 Å². The molecular formula is C23H33N5O3S. The van der Waals surface area contributed by atoms with Crippen LogP contribution in [0.2, 0.25) is 0 Å². The van der Waals surface area contributed by atoms with Gasteiger partial charge in [0.1, 0.15) is 5.82 Å². The highest BCUT2D eigenvalue weighted by molar-refractivity contribution is 7.89. The molecular weight excluding hydrogens is 426 g/mol. The van der Waals surface area contributed by atoms with Crippen molar-refractivity contribution in [3.05, 3.63) is 41.5 Å². The summed E-state index contributed by atoms with van der Waals surface area (Å²) < 4.78 is 29.7. The maximum Gasteiger partial charge on any atom is 0.253 e. The second-order valence-electron chi connectivity index (χ2n) is 8.44. The number of imidazole rings is 1. The zero-order chi connectivity index (χ0) is 22.7. The van der Waals surface area contributed by atoms with Crippen LogP contribution >= 0.6 is 0 Å². The lowest BCUT2D eigenvalue weighted by Crippen LogP contribution is -2.32. The van der Waals surface area contributed by atoms with Crippen molar-refractivity contribution >= 4 is 21.6 Å². The van der Waals surface area contributed by atoms with E-state index in [1.54, 1.807) is 12.1 Å². The summed E-state index contributed by atoms with van der Waals surface area (Å²) >= 11 is 0. The standard InChI is InChI=1S/C23H33N5O3S/c1-3-28(4-2)32(30,31)19-10-11-21(26-12-7-8-13-26)20(15-19)23(29)24-16-18-17-27-14-6-5-9-22(27)25-18/h10-11,15,17H,3-9,12-14,16H2,1-2H3,(H,24,29). The third kappa shape index (κ3) is 4.54. The first-order chi connectivity index (χ1) is 15.4. The Balaban J connectivity index is 1.60. The Hall–Kier alpha value is -2.39. The van der Waals surface area contributed by atoms with Crippen molar-refractivity contribution in [3.8, 4) is 0 Å². The third-order valence-electron chi connectivity index (χ3n) is 6.39. The zero-order valence-corrected chi connectivity index (χ0v) is 19.8. The number of anilines is 1. The molecule has 3 heterocycles. The molecule has 1 aromatic heterocycles. The van der Waals surface area contributed by atoms with E-state index in [9.17, 15) is 13.2 Å². The average molecular weight is 460 g/mol. The molecule has 2 aliphatic heterocycles. The number of hydrogen-bond donors (Lipinski definition) is 1. The first-order valence-corrected chi connectivity index (χ1v) is 13.1. The fraction of sp³-hybridized carbons (Fsp3) is 0.565. The van der Waals surface area contributed by atoms with Gasteiger partial charge in [-0.1, -0.05) is 13.8 Å². The second kappa shape index (κ2) is 9.62. The van der Waals surface area contributed by atoms with Gasteiger partial charge in [-0.25, -0.2) is 13.4 Å². The van der Waals surface area contributed by atoms with E-state index in [2.05, 4.69) is 19.8 Å². The molecule has 9 heteroatoms. The van der Waals surface area contributed by atoms with Crippen molar-refractivity contribution in [2.75, 3.05) is 31.1 Å². The lowest BCUT2D eigenvalue weighted by Gasteiger charge is -2.23. The number of rotatable bonds is 8. The van der Waals surface area contributed by atoms with E-state index >= 15 is 0 Å². The second-order valence-corrected chi connectivity index (χ2v) is 10.4. The minimum atomic E-state index is -3.65. The molecule has 1 amide bonds. The minimum absolute atomic E-state index is 0.159. The zero-order valence-electron chi connectivity index (χ0n) is 19.0. The van der Waals surface area contributed by atoms with Gasteiger partial charge in [0.05, 0.1) is 22.7 Å². The molecule has 1 fully saturated rings. The molecule has 0 spiro atoms. The molecule has 2 aliphatic rings. The molecule has 4 rings (SSSR count). The van der Waals surface area contributed by atoms with E-state index in [0.717, 1.165) is 68.9 Å². The molecule has 1 saturated heterocycles. The number of sulfonamides is 1. The fourth-order valence-corrected chi connectivity index (χ4v) is 6.11. The number of carbonyl (C=O) groups excluding carboxylic acids is 1. The van der Waals surface area contributed by atoms with Crippen LogP contribution in [0.5, 0.6) is 0 Å². The quantitative estimate of drug-likeness (QED) is 0.656. The van der Waals surface area contributed by atoms with Crippen LogP contribution in [0.3, 0.4) is 0 Å². The largest absolute Gasteiger partial charge is 0.371 e. The van der Waals surface area contributed by atoms with Gasteiger partial charge in [0, 0.05) is 51.0 Å². The van der Waals surface area contributed by atoms with Crippen molar-refractivity contribution in [1.82, 2.24) is 19.2 Å². The molecule has 8 nitrogen and oxygen atoms in total. The maximum atomic E-state index is 13.2. The van der Waals surface area contributed by atoms with Crippen LogP contribution < -0.4 is 10.2 Å². The Bertz CT molecular complexity index is 1050. The SMILES string of the molecule is CCN(CC)S(=O)(=O)c1ccc(N2CCCC2)c(C(=O)NCc2cn3c(n2)CCCC3)c1. The van der Waals surface area contributed by atoms with Crippen LogP contribution in [0.1, 0.15) is 61.4 Å². The van der Waals surface area contributed by atoms with Gasteiger partial charge in [-0.2, -0.15) is 4.31 Å². The summed E-state index contributed by atoms with van der Waals surface area (Å²) in [5.74, 6) is 0.806. The number of fused-ring (bicyclic) bond motifs is 1. The molecule has 0 atom stereocenters. The molecule has 32 heavy (non-hydrogen) atoms. The molecule has 0 radical (unpaired) electrons. The maximum absolute atomic E-state index is 13.2.